The van der Waals surface area contributed by atoms with Crippen LogP contribution in [0.15, 0.2) is 42.5 Å². The smallest absolute Gasteiger partial charge is 0.352 e. The lowest BCUT2D eigenvalue weighted by Crippen LogP contribution is -2.13. The lowest BCUT2D eigenvalue weighted by atomic mass is 10.1. The third kappa shape index (κ3) is 5.31. The molecule has 0 amide bonds. The lowest BCUT2D eigenvalue weighted by Gasteiger charge is -2.12. The fraction of sp³-hybridized carbons (Fsp3) is 0.227. The maximum atomic E-state index is 12.9. The number of nitrogens with one attached hydrogen (secondary N) is 3. The van der Waals surface area contributed by atoms with Crippen molar-refractivity contribution in [3.63, 3.8) is 0 Å². The highest BCUT2D eigenvalue weighted by Crippen LogP contribution is 2.32. The van der Waals surface area contributed by atoms with Gasteiger partial charge in [-0.1, -0.05) is 29.3 Å². The minimum atomic E-state index is -4.41. The SMILES string of the molecule is CC(C)Nc1nc(Nc2ccc(C(F)(F)F)cc2)c2nc(Cc3c(Cl)cccc3Cl)[nH]c2n1. The zero-order chi connectivity index (χ0) is 23.8. The molecule has 2 aromatic heterocycles. The molecule has 0 spiro atoms. The molecular formula is C22H19Cl2F3N6. The summed E-state index contributed by atoms with van der Waals surface area (Å²) in [6.07, 6.45) is -4.08. The molecule has 4 aromatic rings. The van der Waals surface area contributed by atoms with Crippen LogP contribution in [0.25, 0.3) is 11.2 Å². The van der Waals surface area contributed by atoms with Crippen molar-refractivity contribution < 1.29 is 13.2 Å². The number of aromatic amines is 1. The van der Waals surface area contributed by atoms with Crippen molar-refractivity contribution in [3.8, 4) is 0 Å². The minimum absolute atomic E-state index is 0.0608. The quantitative estimate of drug-likeness (QED) is 0.273. The molecule has 0 fully saturated rings. The number of alkyl halides is 3. The van der Waals surface area contributed by atoms with Crippen molar-refractivity contribution in [1.82, 2.24) is 19.9 Å². The normalized spacial score (nSPS) is 11.9. The van der Waals surface area contributed by atoms with Gasteiger partial charge in [0.2, 0.25) is 5.95 Å². The maximum Gasteiger partial charge on any atom is 0.416 e. The number of hydrogen-bond donors (Lipinski definition) is 3. The molecule has 0 atom stereocenters. The van der Waals surface area contributed by atoms with Crippen LogP contribution in [0.3, 0.4) is 0 Å². The van der Waals surface area contributed by atoms with Gasteiger partial charge in [0, 0.05) is 28.2 Å². The second kappa shape index (κ2) is 9.07. The first kappa shape index (κ1) is 23.1. The van der Waals surface area contributed by atoms with Gasteiger partial charge in [0.15, 0.2) is 17.0 Å². The number of rotatable bonds is 6. The van der Waals surface area contributed by atoms with Crippen LogP contribution in [0.1, 0.15) is 30.8 Å². The number of benzene rings is 2. The highest BCUT2D eigenvalue weighted by atomic mass is 35.5. The van der Waals surface area contributed by atoms with Crippen molar-refractivity contribution in [2.24, 2.45) is 0 Å². The summed E-state index contributed by atoms with van der Waals surface area (Å²) in [6, 6.07) is 9.99. The van der Waals surface area contributed by atoms with Crippen LogP contribution in [0.2, 0.25) is 10.0 Å². The summed E-state index contributed by atoms with van der Waals surface area (Å²) < 4.78 is 38.7. The molecule has 2 heterocycles. The third-order valence-corrected chi connectivity index (χ3v) is 5.40. The lowest BCUT2D eigenvalue weighted by molar-refractivity contribution is -0.137. The first-order valence-corrected chi connectivity index (χ1v) is 10.8. The highest BCUT2D eigenvalue weighted by Gasteiger charge is 2.30. The Morgan fingerprint density at radius 1 is 0.970 bits per heavy atom. The molecule has 0 saturated carbocycles. The van der Waals surface area contributed by atoms with Crippen molar-refractivity contribution in [2.75, 3.05) is 10.6 Å². The van der Waals surface area contributed by atoms with E-state index in [0.717, 1.165) is 12.1 Å². The summed E-state index contributed by atoms with van der Waals surface area (Å²) in [4.78, 5) is 16.7. The Balaban J connectivity index is 1.72. The Labute approximate surface area is 197 Å². The number of H-pyrrole nitrogens is 1. The molecule has 0 aliphatic carbocycles. The predicted molar refractivity (Wildman–Crippen MR) is 124 cm³/mol. The van der Waals surface area contributed by atoms with Crippen LogP contribution in [0, 0.1) is 0 Å². The molecule has 3 N–H and O–H groups in total. The monoisotopic (exact) mass is 494 g/mol. The Hall–Kier alpha value is -3.04. The van der Waals surface area contributed by atoms with Gasteiger partial charge < -0.3 is 15.6 Å². The van der Waals surface area contributed by atoms with E-state index in [4.69, 9.17) is 23.2 Å². The van der Waals surface area contributed by atoms with E-state index in [9.17, 15) is 13.2 Å². The molecule has 0 unspecified atom stereocenters. The maximum absolute atomic E-state index is 12.9. The summed E-state index contributed by atoms with van der Waals surface area (Å²) >= 11 is 12.6. The number of anilines is 3. The van der Waals surface area contributed by atoms with Gasteiger partial charge in [-0.25, -0.2) is 4.98 Å². The number of nitrogens with zero attached hydrogens (tertiary/aromatic N) is 3. The van der Waals surface area contributed by atoms with E-state index in [1.54, 1.807) is 18.2 Å². The molecule has 2 aromatic carbocycles. The molecule has 0 radical (unpaired) electrons. The fourth-order valence-electron chi connectivity index (χ4n) is 3.19. The van der Waals surface area contributed by atoms with Gasteiger partial charge in [-0.3, -0.25) is 0 Å². The number of aromatic nitrogens is 4. The van der Waals surface area contributed by atoms with Gasteiger partial charge in [-0.05, 0) is 55.8 Å². The van der Waals surface area contributed by atoms with E-state index in [0.29, 0.717) is 56.5 Å². The number of halogens is 5. The second-order valence-electron chi connectivity index (χ2n) is 7.65. The third-order valence-electron chi connectivity index (χ3n) is 4.69. The molecule has 0 aliphatic rings. The van der Waals surface area contributed by atoms with E-state index in [1.165, 1.54) is 12.1 Å². The fourth-order valence-corrected chi connectivity index (χ4v) is 3.72. The largest absolute Gasteiger partial charge is 0.416 e. The first-order chi connectivity index (χ1) is 15.6. The summed E-state index contributed by atoms with van der Waals surface area (Å²) in [5.74, 6) is 1.25. The molecule has 0 bridgehead atoms. The van der Waals surface area contributed by atoms with Crippen LogP contribution < -0.4 is 10.6 Å². The van der Waals surface area contributed by atoms with Gasteiger partial charge in [-0.2, -0.15) is 23.1 Å². The van der Waals surface area contributed by atoms with E-state index < -0.39 is 11.7 Å². The molecule has 33 heavy (non-hydrogen) atoms. The van der Waals surface area contributed by atoms with Crippen molar-refractivity contribution in [3.05, 3.63) is 69.5 Å². The minimum Gasteiger partial charge on any atom is -0.352 e. The zero-order valence-electron chi connectivity index (χ0n) is 17.6. The van der Waals surface area contributed by atoms with Crippen LogP contribution in [-0.2, 0) is 12.6 Å². The van der Waals surface area contributed by atoms with Crippen LogP contribution >= 0.6 is 23.2 Å². The van der Waals surface area contributed by atoms with Crippen molar-refractivity contribution >= 4 is 51.8 Å². The molecule has 0 saturated heterocycles. The summed E-state index contributed by atoms with van der Waals surface area (Å²) in [5.41, 5.74) is 1.30. The first-order valence-electron chi connectivity index (χ1n) is 10.0. The second-order valence-corrected chi connectivity index (χ2v) is 8.47. The number of imidazole rings is 1. The standard InChI is InChI=1S/C22H19Cl2F3N6/c1-11(2)28-21-32-19(29-13-8-6-12(7-9-13)22(25,26)27)18-20(33-21)31-17(30-18)10-14-15(23)4-3-5-16(14)24/h3-9,11H,10H2,1-2H3,(H3,28,29,30,31,32,33). The van der Waals surface area contributed by atoms with Crippen LogP contribution in [0.5, 0.6) is 0 Å². The Bertz CT molecular complexity index is 1270. The van der Waals surface area contributed by atoms with Crippen molar-refractivity contribution in [2.45, 2.75) is 32.5 Å². The van der Waals surface area contributed by atoms with Gasteiger partial charge >= 0.3 is 6.18 Å². The topological polar surface area (TPSA) is 78.5 Å². The van der Waals surface area contributed by atoms with Gasteiger partial charge in [0.25, 0.3) is 0 Å². The van der Waals surface area contributed by atoms with E-state index in [2.05, 4.69) is 30.6 Å². The highest BCUT2D eigenvalue weighted by molar-refractivity contribution is 6.36. The Morgan fingerprint density at radius 3 is 2.24 bits per heavy atom. The average molecular weight is 495 g/mol. The van der Waals surface area contributed by atoms with Crippen LogP contribution in [-0.4, -0.2) is 26.0 Å². The van der Waals surface area contributed by atoms with Crippen molar-refractivity contribution in [1.29, 1.82) is 0 Å². The van der Waals surface area contributed by atoms with Gasteiger partial charge in [0.05, 0.1) is 5.56 Å². The average Bonchev–Trinajstić information content (AvgIpc) is 3.13. The molecule has 6 nitrogen and oxygen atoms in total. The number of hydrogen-bond acceptors (Lipinski definition) is 5. The van der Waals surface area contributed by atoms with E-state index in [1.807, 2.05) is 13.8 Å². The summed E-state index contributed by atoms with van der Waals surface area (Å²) in [5, 5.41) is 7.20. The molecule has 11 heteroatoms. The van der Waals surface area contributed by atoms with Crippen LogP contribution in [0.4, 0.5) is 30.6 Å². The summed E-state index contributed by atoms with van der Waals surface area (Å²) in [6.45, 7) is 3.88. The number of fused-ring (bicyclic) bond motifs is 1. The van der Waals surface area contributed by atoms with Gasteiger partial charge in [-0.15, -0.1) is 0 Å². The van der Waals surface area contributed by atoms with E-state index >= 15 is 0 Å². The molecular weight excluding hydrogens is 476 g/mol. The Kier molecular flexibility index (Phi) is 6.36. The van der Waals surface area contributed by atoms with Gasteiger partial charge in [0.1, 0.15) is 5.82 Å². The predicted octanol–water partition coefficient (Wildman–Crippen LogP) is 6.83. The molecule has 172 valence electrons. The zero-order valence-corrected chi connectivity index (χ0v) is 19.1. The van der Waals surface area contributed by atoms with E-state index in [-0.39, 0.29) is 6.04 Å². The molecule has 0 aliphatic heterocycles. The molecule has 4 rings (SSSR count). The Morgan fingerprint density at radius 2 is 1.64 bits per heavy atom. The summed E-state index contributed by atoms with van der Waals surface area (Å²) in [7, 11) is 0.